The average molecular weight is 323 g/mol. The van der Waals surface area contributed by atoms with Crippen LogP contribution < -0.4 is 5.56 Å². The molecule has 1 aromatic heterocycles. The van der Waals surface area contributed by atoms with Gasteiger partial charge in [0.15, 0.2) is 0 Å². The SMILES string of the molecule is Cc1ccccc1/C=C1/CCn2c1nc1cc(Cl)ccc1c2=O. The fraction of sp³-hybridized carbons (Fsp3) is 0.158. The second kappa shape index (κ2) is 5.36. The van der Waals surface area contributed by atoms with Crippen LogP contribution in [0, 0.1) is 6.92 Å². The van der Waals surface area contributed by atoms with E-state index < -0.39 is 0 Å². The largest absolute Gasteiger partial charge is 0.292 e. The average Bonchev–Trinajstić information content (AvgIpc) is 2.93. The Morgan fingerprint density at radius 1 is 1.22 bits per heavy atom. The summed E-state index contributed by atoms with van der Waals surface area (Å²) in [6.45, 7) is 2.76. The van der Waals surface area contributed by atoms with Crippen molar-refractivity contribution in [1.82, 2.24) is 9.55 Å². The van der Waals surface area contributed by atoms with E-state index in [0.717, 1.165) is 23.4 Å². The summed E-state index contributed by atoms with van der Waals surface area (Å²) < 4.78 is 1.76. The molecule has 0 aliphatic carbocycles. The Balaban J connectivity index is 1.93. The van der Waals surface area contributed by atoms with Crippen molar-refractivity contribution in [3.8, 4) is 0 Å². The van der Waals surface area contributed by atoms with E-state index in [0.29, 0.717) is 22.5 Å². The normalized spacial score (nSPS) is 15.3. The topological polar surface area (TPSA) is 34.9 Å². The minimum absolute atomic E-state index is 0.00912. The minimum atomic E-state index is 0.00912. The van der Waals surface area contributed by atoms with Gasteiger partial charge in [0, 0.05) is 11.6 Å². The van der Waals surface area contributed by atoms with E-state index in [1.165, 1.54) is 5.56 Å². The number of allylic oxidation sites excluding steroid dienone is 1. The van der Waals surface area contributed by atoms with Crippen LogP contribution in [0.2, 0.25) is 5.02 Å². The highest BCUT2D eigenvalue weighted by Gasteiger charge is 2.21. The molecule has 0 saturated carbocycles. The van der Waals surface area contributed by atoms with Crippen molar-refractivity contribution >= 4 is 34.2 Å². The summed E-state index contributed by atoms with van der Waals surface area (Å²) in [5, 5.41) is 1.21. The van der Waals surface area contributed by atoms with Gasteiger partial charge < -0.3 is 0 Å². The second-order valence-electron chi connectivity index (χ2n) is 5.83. The molecule has 0 radical (unpaired) electrons. The van der Waals surface area contributed by atoms with Crippen molar-refractivity contribution in [2.24, 2.45) is 0 Å². The van der Waals surface area contributed by atoms with E-state index in [4.69, 9.17) is 16.6 Å². The number of aryl methyl sites for hydroxylation is 1. The van der Waals surface area contributed by atoms with E-state index in [2.05, 4.69) is 25.1 Å². The van der Waals surface area contributed by atoms with Gasteiger partial charge in [0.1, 0.15) is 5.82 Å². The molecule has 3 aromatic rings. The van der Waals surface area contributed by atoms with Gasteiger partial charge in [-0.15, -0.1) is 0 Å². The third-order valence-corrected chi connectivity index (χ3v) is 4.56. The van der Waals surface area contributed by atoms with E-state index >= 15 is 0 Å². The molecule has 23 heavy (non-hydrogen) atoms. The quantitative estimate of drug-likeness (QED) is 0.669. The molecule has 0 saturated heterocycles. The second-order valence-corrected chi connectivity index (χ2v) is 6.27. The van der Waals surface area contributed by atoms with E-state index in [9.17, 15) is 4.79 Å². The first kappa shape index (κ1) is 14.2. The molecule has 0 atom stereocenters. The van der Waals surface area contributed by atoms with Crippen LogP contribution in [0.4, 0.5) is 0 Å². The number of rotatable bonds is 1. The maximum absolute atomic E-state index is 12.6. The molecule has 0 spiro atoms. The number of hydrogen-bond acceptors (Lipinski definition) is 2. The molecule has 0 fully saturated rings. The standard InChI is InChI=1S/C19H15ClN2O/c1-12-4-2-3-5-13(12)10-14-8-9-22-18(14)21-17-11-15(20)6-7-16(17)19(22)23/h2-7,10-11H,8-9H2,1H3/b14-10-. The molecule has 3 nitrogen and oxygen atoms in total. The Hall–Kier alpha value is -2.39. The summed E-state index contributed by atoms with van der Waals surface area (Å²) in [7, 11) is 0. The summed E-state index contributed by atoms with van der Waals surface area (Å²) in [5.41, 5.74) is 4.14. The first-order valence-electron chi connectivity index (χ1n) is 7.60. The van der Waals surface area contributed by atoms with Crippen LogP contribution in [-0.2, 0) is 6.54 Å². The third kappa shape index (κ3) is 2.37. The zero-order valence-corrected chi connectivity index (χ0v) is 13.5. The molecular weight excluding hydrogens is 308 g/mol. The maximum atomic E-state index is 12.6. The van der Waals surface area contributed by atoms with Crippen LogP contribution in [0.5, 0.6) is 0 Å². The molecule has 0 bridgehead atoms. The highest BCUT2D eigenvalue weighted by molar-refractivity contribution is 6.31. The van der Waals surface area contributed by atoms with Crippen LogP contribution in [0.3, 0.4) is 0 Å². The Morgan fingerprint density at radius 3 is 2.87 bits per heavy atom. The Morgan fingerprint density at radius 2 is 2.04 bits per heavy atom. The van der Waals surface area contributed by atoms with E-state index in [-0.39, 0.29) is 5.56 Å². The lowest BCUT2D eigenvalue weighted by atomic mass is 10.0. The Kier molecular flexibility index (Phi) is 3.31. The number of aromatic nitrogens is 2. The maximum Gasteiger partial charge on any atom is 0.261 e. The lowest BCUT2D eigenvalue weighted by Crippen LogP contribution is -2.20. The van der Waals surface area contributed by atoms with Crippen LogP contribution in [0.1, 0.15) is 23.4 Å². The van der Waals surface area contributed by atoms with Crippen molar-refractivity contribution in [2.45, 2.75) is 19.9 Å². The number of halogens is 1. The monoisotopic (exact) mass is 322 g/mol. The molecule has 4 rings (SSSR count). The van der Waals surface area contributed by atoms with Gasteiger partial charge in [-0.2, -0.15) is 0 Å². The lowest BCUT2D eigenvalue weighted by molar-refractivity contribution is 0.725. The summed E-state index contributed by atoms with van der Waals surface area (Å²) in [4.78, 5) is 17.3. The predicted octanol–water partition coefficient (Wildman–Crippen LogP) is 4.30. The summed E-state index contributed by atoms with van der Waals surface area (Å²) in [6, 6.07) is 13.5. The van der Waals surface area contributed by atoms with Crippen molar-refractivity contribution in [3.05, 3.63) is 74.8 Å². The molecule has 0 unspecified atom stereocenters. The number of fused-ring (bicyclic) bond motifs is 2. The molecule has 114 valence electrons. The fourth-order valence-corrected chi connectivity index (χ4v) is 3.23. The molecule has 2 aromatic carbocycles. The number of nitrogens with zero attached hydrogens (tertiary/aromatic N) is 2. The molecule has 0 N–H and O–H groups in total. The molecule has 1 aliphatic heterocycles. The summed E-state index contributed by atoms with van der Waals surface area (Å²) in [6.07, 6.45) is 2.96. The highest BCUT2D eigenvalue weighted by atomic mass is 35.5. The summed E-state index contributed by atoms with van der Waals surface area (Å²) >= 11 is 6.05. The Labute approximate surface area is 138 Å². The van der Waals surface area contributed by atoms with Gasteiger partial charge in [0.2, 0.25) is 0 Å². The Bertz CT molecular complexity index is 1020. The number of hydrogen-bond donors (Lipinski definition) is 0. The van der Waals surface area contributed by atoms with Gasteiger partial charge in [-0.3, -0.25) is 9.36 Å². The predicted molar refractivity (Wildman–Crippen MR) is 94.7 cm³/mol. The molecular formula is C19H15ClN2O. The van der Waals surface area contributed by atoms with Gasteiger partial charge in [-0.25, -0.2) is 4.98 Å². The smallest absolute Gasteiger partial charge is 0.261 e. The minimum Gasteiger partial charge on any atom is -0.292 e. The molecule has 4 heteroatoms. The molecule has 2 heterocycles. The lowest BCUT2D eigenvalue weighted by Gasteiger charge is -2.06. The van der Waals surface area contributed by atoms with Gasteiger partial charge in [0.05, 0.1) is 10.9 Å². The van der Waals surface area contributed by atoms with E-state index in [1.54, 1.807) is 22.8 Å². The zero-order chi connectivity index (χ0) is 16.0. The first-order valence-corrected chi connectivity index (χ1v) is 7.98. The van der Waals surface area contributed by atoms with Crippen molar-refractivity contribution in [2.75, 3.05) is 0 Å². The molecule has 0 amide bonds. The fourth-order valence-electron chi connectivity index (χ4n) is 3.06. The van der Waals surface area contributed by atoms with E-state index in [1.807, 2.05) is 12.1 Å². The van der Waals surface area contributed by atoms with Gasteiger partial charge >= 0.3 is 0 Å². The number of benzene rings is 2. The highest BCUT2D eigenvalue weighted by Crippen LogP contribution is 2.28. The van der Waals surface area contributed by atoms with Crippen LogP contribution in [0.15, 0.2) is 47.3 Å². The summed E-state index contributed by atoms with van der Waals surface area (Å²) in [5.74, 6) is 0.757. The van der Waals surface area contributed by atoms with Crippen molar-refractivity contribution in [1.29, 1.82) is 0 Å². The van der Waals surface area contributed by atoms with Crippen molar-refractivity contribution in [3.63, 3.8) is 0 Å². The van der Waals surface area contributed by atoms with Crippen LogP contribution >= 0.6 is 11.6 Å². The first-order chi connectivity index (χ1) is 11.1. The van der Waals surface area contributed by atoms with Gasteiger partial charge in [0.25, 0.3) is 5.56 Å². The van der Waals surface area contributed by atoms with Crippen LogP contribution in [0.25, 0.3) is 22.6 Å². The van der Waals surface area contributed by atoms with Gasteiger partial charge in [-0.1, -0.05) is 35.9 Å². The van der Waals surface area contributed by atoms with Gasteiger partial charge in [-0.05, 0) is 54.3 Å². The molecule has 1 aliphatic rings. The van der Waals surface area contributed by atoms with Crippen LogP contribution in [-0.4, -0.2) is 9.55 Å². The zero-order valence-electron chi connectivity index (χ0n) is 12.7. The van der Waals surface area contributed by atoms with Crippen molar-refractivity contribution < 1.29 is 0 Å². The third-order valence-electron chi connectivity index (χ3n) is 4.33.